The second kappa shape index (κ2) is 4.53. The van der Waals surface area contributed by atoms with E-state index >= 15 is 0 Å². The van der Waals surface area contributed by atoms with E-state index in [0.29, 0.717) is 13.1 Å². The van der Waals surface area contributed by atoms with E-state index in [0.717, 1.165) is 0 Å². The summed E-state index contributed by atoms with van der Waals surface area (Å²) in [5.41, 5.74) is 0.236. The van der Waals surface area contributed by atoms with E-state index in [1.54, 1.807) is 12.1 Å². The Kier molecular flexibility index (Phi) is 3.08. The summed E-state index contributed by atoms with van der Waals surface area (Å²) < 4.78 is 13.7. The standard InChI is InChI=1S/C12H13FN2O2/c1-8(16)15-7-6-14-12(17)11(15)9-4-2-3-5-10(9)13/h2-5,11H,6-7H2,1H3,(H,14,17). The highest BCUT2D eigenvalue weighted by Crippen LogP contribution is 2.25. The molecule has 2 rings (SSSR count). The lowest BCUT2D eigenvalue weighted by Crippen LogP contribution is -2.51. The average molecular weight is 236 g/mol. The van der Waals surface area contributed by atoms with Gasteiger partial charge >= 0.3 is 0 Å². The van der Waals surface area contributed by atoms with Gasteiger partial charge in [-0.1, -0.05) is 18.2 Å². The third-order valence-electron chi connectivity index (χ3n) is 2.82. The third-order valence-corrected chi connectivity index (χ3v) is 2.82. The number of carbonyl (C=O) groups excluding carboxylic acids is 2. The van der Waals surface area contributed by atoms with E-state index in [4.69, 9.17) is 0 Å². The lowest BCUT2D eigenvalue weighted by molar-refractivity contribution is -0.142. The highest BCUT2D eigenvalue weighted by atomic mass is 19.1. The van der Waals surface area contributed by atoms with Crippen LogP contribution in [0, 0.1) is 5.82 Å². The summed E-state index contributed by atoms with van der Waals surface area (Å²) in [4.78, 5) is 24.6. The summed E-state index contributed by atoms with van der Waals surface area (Å²) in [6.07, 6.45) is 0. The lowest BCUT2D eigenvalue weighted by Gasteiger charge is -2.34. The fourth-order valence-corrected chi connectivity index (χ4v) is 2.01. The summed E-state index contributed by atoms with van der Waals surface area (Å²) in [7, 11) is 0. The quantitative estimate of drug-likeness (QED) is 0.785. The van der Waals surface area contributed by atoms with Crippen LogP contribution < -0.4 is 5.32 Å². The van der Waals surface area contributed by atoms with Gasteiger partial charge < -0.3 is 10.2 Å². The minimum absolute atomic E-state index is 0.229. The van der Waals surface area contributed by atoms with Crippen molar-refractivity contribution >= 4 is 11.8 Å². The van der Waals surface area contributed by atoms with E-state index in [9.17, 15) is 14.0 Å². The number of rotatable bonds is 1. The molecular formula is C12H13FN2O2. The van der Waals surface area contributed by atoms with Crippen LogP contribution >= 0.6 is 0 Å². The number of carbonyl (C=O) groups is 2. The molecule has 1 unspecified atom stereocenters. The van der Waals surface area contributed by atoms with Crippen molar-refractivity contribution in [3.8, 4) is 0 Å². The highest BCUT2D eigenvalue weighted by molar-refractivity contribution is 5.89. The molecule has 0 aromatic heterocycles. The number of nitrogens with one attached hydrogen (secondary N) is 1. The van der Waals surface area contributed by atoms with Gasteiger partial charge in [0.05, 0.1) is 0 Å². The van der Waals surface area contributed by atoms with Gasteiger partial charge in [0.2, 0.25) is 11.8 Å². The maximum atomic E-state index is 13.7. The van der Waals surface area contributed by atoms with Crippen LogP contribution in [0.25, 0.3) is 0 Å². The number of amides is 2. The van der Waals surface area contributed by atoms with E-state index in [1.165, 1.54) is 24.0 Å². The number of halogens is 1. The van der Waals surface area contributed by atoms with Crippen molar-refractivity contribution in [2.24, 2.45) is 0 Å². The lowest BCUT2D eigenvalue weighted by atomic mass is 10.0. The predicted molar refractivity (Wildman–Crippen MR) is 59.5 cm³/mol. The maximum Gasteiger partial charge on any atom is 0.247 e. The molecule has 1 aliphatic rings. The molecule has 1 N–H and O–H groups in total. The molecule has 17 heavy (non-hydrogen) atoms. The number of benzene rings is 1. The van der Waals surface area contributed by atoms with Gasteiger partial charge in [0.25, 0.3) is 0 Å². The Balaban J connectivity index is 2.42. The van der Waals surface area contributed by atoms with Gasteiger partial charge in [-0.2, -0.15) is 0 Å². The predicted octanol–water partition coefficient (Wildman–Crippen LogP) is 0.845. The van der Waals surface area contributed by atoms with Crippen LogP contribution in [0.2, 0.25) is 0 Å². The molecule has 1 aromatic rings. The Labute approximate surface area is 98.4 Å². The first kappa shape index (κ1) is 11.6. The molecule has 90 valence electrons. The first-order valence-electron chi connectivity index (χ1n) is 5.40. The number of hydrogen-bond acceptors (Lipinski definition) is 2. The number of hydrogen-bond donors (Lipinski definition) is 1. The molecule has 1 fully saturated rings. The zero-order valence-electron chi connectivity index (χ0n) is 9.44. The SMILES string of the molecule is CC(=O)N1CCNC(=O)C1c1ccccc1F. The van der Waals surface area contributed by atoms with Gasteiger partial charge in [0.15, 0.2) is 0 Å². The molecule has 0 bridgehead atoms. The van der Waals surface area contributed by atoms with E-state index in [2.05, 4.69) is 5.32 Å². The molecule has 1 heterocycles. The monoisotopic (exact) mass is 236 g/mol. The van der Waals surface area contributed by atoms with Crippen molar-refractivity contribution in [3.05, 3.63) is 35.6 Å². The van der Waals surface area contributed by atoms with Gasteiger partial charge in [0, 0.05) is 25.6 Å². The van der Waals surface area contributed by atoms with Crippen molar-refractivity contribution < 1.29 is 14.0 Å². The van der Waals surface area contributed by atoms with E-state index < -0.39 is 11.9 Å². The summed E-state index contributed by atoms with van der Waals surface area (Å²) in [5.74, 6) is -1.04. The average Bonchev–Trinajstić information content (AvgIpc) is 2.30. The minimum atomic E-state index is -0.859. The molecule has 1 aliphatic heterocycles. The first-order chi connectivity index (χ1) is 8.11. The van der Waals surface area contributed by atoms with Crippen LogP contribution in [0.4, 0.5) is 4.39 Å². The van der Waals surface area contributed by atoms with Gasteiger partial charge in [-0.3, -0.25) is 9.59 Å². The highest BCUT2D eigenvalue weighted by Gasteiger charge is 2.34. The molecule has 0 saturated carbocycles. The Morgan fingerprint density at radius 1 is 1.47 bits per heavy atom. The van der Waals surface area contributed by atoms with Gasteiger partial charge in [-0.15, -0.1) is 0 Å². The molecule has 1 saturated heterocycles. The molecule has 0 radical (unpaired) electrons. The van der Waals surface area contributed by atoms with Crippen LogP contribution in [-0.2, 0) is 9.59 Å². The van der Waals surface area contributed by atoms with Gasteiger partial charge in [-0.05, 0) is 6.07 Å². The summed E-state index contributed by atoms with van der Waals surface area (Å²) in [6, 6.07) is 5.16. The van der Waals surface area contributed by atoms with Crippen molar-refractivity contribution in [2.45, 2.75) is 13.0 Å². The molecule has 2 amide bonds. The Bertz CT molecular complexity index is 462. The summed E-state index contributed by atoms with van der Waals surface area (Å²) >= 11 is 0. The Morgan fingerprint density at radius 3 is 2.82 bits per heavy atom. The van der Waals surface area contributed by atoms with Crippen molar-refractivity contribution in [3.63, 3.8) is 0 Å². The van der Waals surface area contributed by atoms with E-state index in [1.807, 2.05) is 0 Å². The largest absolute Gasteiger partial charge is 0.352 e. The molecule has 4 nitrogen and oxygen atoms in total. The second-order valence-electron chi connectivity index (χ2n) is 3.93. The number of nitrogens with zero attached hydrogens (tertiary/aromatic N) is 1. The molecule has 1 aromatic carbocycles. The fourth-order valence-electron chi connectivity index (χ4n) is 2.01. The molecular weight excluding hydrogens is 223 g/mol. The van der Waals surface area contributed by atoms with Gasteiger partial charge in [-0.25, -0.2) is 4.39 Å². The topological polar surface area (TPSA) is 49.4 Å². The third kappa shape index (κ3) is 2.13. The summed E-state index contributed by atoms with van der Waals surface area (Å²) in [6.45, 7) is 2.19. The Morgan fingerprint density at radius 2 is 2.18 bits per heavy atom. The van der Waals surface area contributed by atoms with E-state index in [-0.39, 0.29) is 17.4 Å². The van der Waals surface area contributed by atoms with Crippen LogP contribution in [-0.4, -0.2) is 29.8 Å². The maximum absolute atomic E-state index is 13.7. The fraction of sp³-hybridized carbons (Fsp3) is 0.333. The van der Waals surface area contributed by atoms with Crippen molar-refractivity contribution in [2.75, 3.05) is 13.1 Å². The molecule has 1 atom stereocenters. The molecule has 5 heteroatoms. The molecule has 0 aliphatic carbocycles. The van der Waals surface area contributed by atoms with Gasteiger partial charge in [0.1, 0.15) is 11.9 Å². The normalized spacial score (nSPS) is 20.0. The van der Waals surface area contributed by atoms with Crippen molar-refractivity contribution in [1.82, 2.24) is 10.2 Å². The molecule has 0 spiro atoms. The second-order valence-corrected chi connectivity index (χ2v) is 3.93. The minimum Gasteiger partial charge on any atom is -0.352 e. The zero-order chi connectivity index (χ0) is 12.4. The first-order valence-corrected chi connectivity index (χ1v) is 5.40. The number of piperazine rings is 1. The van der Waals surface area contributed by atoms with Crippen LogP contribution in [0.3, 0.4) is 0 Å². The Hall–Kier alpha value is -1.91. The van der Waals surface area contributed by atoms with Crippen LogP contribution in [0.1, 0.15) is 18.5 Å². The smallest absolute Gasteiger partial charge is 0.247 e. The van der Waals surface area contributed by atoms with Crippen molar-refractivity contribution in [1.29, 1.82) is 0 Å². The summed E-state index contributed by atoms with van der Waals surface area (Å²) in [5, 5.41) is 2.64. The van der Waals surface area contributed by atoms with Crippen LogP contribution in [0.15, 0.2) is 24.3 Å². The van der Waals surface area contributed by atoms with Crippen LogP contribution in [0.5, 0.6) is 0 Å². The zero-order valence-corrected chi connectivity index (χ0v) is 9.44.